The monoisotopic (exact) mass is 455 g/mol. The fraction of sp³-hybridized carbons (Fsp3) is 0.556. The molecule has 0 aliphatic heterocycles. The standard InChI is InChI=1S/C18H29N7O7/c1-8(23-17(30)14(20)9(2)26)15(28)24-11(3-4-13(19)27)16(29)25-12(18(31)32)5-10-6-21-7-22-10/h6-9,11-12,14,26H,3-5,20H2,1-2H3,(H2,19,27)(H,21,22)(H,23,30)(H,24,28)(H,25,29)(H,31,32). The van der Waals surface area contributed by atoms with Crippen molar-refractivity contribution in [2.45, 2.75) is 63.4 Å². The number of nitrogens with two attached hydrogens (primary N) is 2. The number of hydrogen-bond donors (Lipinski definition) is 8. The topological polar surface area (TPSA) is 243 Å². The molecule has 0 aromatic carbocycles. The molecule has 1 heterocycles. The normalized spacial score (nSPS) is 15.5. The molecule has 1 aromatic rings. The lowest BCUT2D eigenvalue weighted by Crippen LogP contribution is -2.57. The van der Waals surface area contributed by atoms with Crippen molar-refractivity contribution >= 4 is 29.6 Å². The number of imidazole rings is 1. The largest absolute Gasteiger partial charge is 0.480 e. The van der Waals surface area contributed by atoms with Gasteiger partial charge >= 0.3 is 5.97 Å². The summed E-state index contributed by atoms with van der Waals surface area (Å²) in [5, 5.41) is 25.7. The molecule has 0 spiro atoms. The highest BCUT2D eigenvalue weighted by Gasteiger charge is 2.29. The van der Waals surface area contributed by atoms with Crippen LogP contribution in [0.5, 0.6) is 0 Å². The summed E-state index contributed by atoms with van der Waals surface area (Å²) in [5.41, 5.74) is 11.1. The zero-order chi connectivity index (χ0) is 24.4. The van der Waals surface area contributed by atoms with Gasteiger partial charge in [0.25, 0.3) is 0 Å². The highest BCUT2D eigenvalue weighted by molar-refractivity contribution is 5.94. The lowest BCUT2D eigenvalue weighted by atomic mass is 10.1. The zero-order valence-electron chi connectivity index (χ0n) is 17.7. The molecule has 0 saturated carbocycles. The number of carboxylic acids is 1. The number of H-pyrrole nitrogens is 1. The van der Waals surface area contributed by atoms with Crippen molar-refractivity contribution in [3.63, 3.8) is 0 Å². The van der Waals surface area contributed by atoms with Crippen molar-refractivity contribution in [3.8, 4) is 0 Å². The number of carbonyl (C=O) groups is 5. The van der Waals surface area contributed by atoms with Gasteiger partial charge in [-0.2, -0.15) is 0 Å². The summed E-state index contributed by atoms with van der Waals surface area (Å²) in [7, 11) is 0. The Hall–Kier alpha value is -3.52. The van der Waals surface area contributed by atoms with Gasteiger partial charge in [0.15, 0.2) is 0 Å². The number of aliphatic hydroxyl groups excluding tert-OH is 1. The van der Waals surface area contributed by atoms with Gasteiger partial charge in [0.1, 0.15) is 24.2 Å². The van der Waals surface area contributed by atoms with Gasteiger partial charge < -0.3 is 42.6 Å². The van der Waals surface area contributed by atoms with Gasteiger partial charge in [-0.05, 0) is 20.3 Å². The molecule has 1 rings (SSSR count). The summed E-state index contributed by atoms with van der Waals surface area (Å²) < 4.78 is 0. The molecule has 5 atom stereocenters. The van der Waals surface area contributed by atoms with Crippen LogP contribution in [-0.4, -0.2) is 80.1 Å². The van der Waals surface area contributed by atoms with Crippen LogP contribution >= 0.6 is 0 Å². The van der Waals surface area contributed by atoms with E-state index < -0.39 is 59.9 Å². The van der Waals surface area contributed by atoms with Crippen molar-refractivity contribution < 1.29 is 34.2 Å². The number of nitrogens with zero attached hydrogens (tertiary/aromatic N) is 1. The summed E-state index contributed by atoms with van der Waals surface area (Å²) >= 11 is 0. The predicted molar refractivity (Wildman–Crippen MR) is 109 cm³/mol. The number of aromatic amines is 1. The van der Waals surface area contributed by atoms with E-state index in [1.165, 1.54) is 26.4 Å². The molecule has 0 bridgehead atoms. The van der Waals surface area contributed by atoms with E-state index in [0.717, 1.165) is 0 Å². The van der Waals surface area contributed by atoms with Crippen LogP contribution in [0.1, 0.15) is 32.4 Å². The van der Waals surface area contributed by atoms with Gasteiger partial charge in [0.05, 0.1) is 12.4 Å². The second kappa shape index (κ2) is 12.4. The van der Waals surface area contributed by atoms with Gasteiger partial charge in [0.2, 0.25) is 23.6 Å². The average Bonchev–Trinajstić information content (AvgIpc) is 3.22. The molecular formula is C18H29N7O7. The molecule has 178 valence electrons. The Balaban J connectivity index is 2.85. The minimum Gasteiger partial charge on any atom is -0.480 e. The Labute approximate surface area is 183 Å². The minimum atomic E-state index is -1.34. The summed E-state index contributed by atoms with van der Waals surface area (Å²) in [5.74, 6) is -4.48. The number of carbonyl (C=O) groups excluding carboxylic acids is 4. The van der Waals surface area contributed by atoms with E-state index in [1.807, 2.05) is 0 Å². The van der Waals surface area contributed by atoms with Crippen LogP contribution in [0.25, 0.3) is 0 Å². The Morgan fingerprint density at radius 1 is 1.06 bits per heavy atom. The van der Waals surface area contributed by atoms with Crippen molar-refractivity contribution in [1.82, 2.24) is 25.9 Å². The first-order valence-electron chi connectivity index (χ1n) is 9.75. The molecule has 0 aliphatic carbocycles. The minimum absolute atomic E-state index is 0.0960. The molecule has 5 unspecified atom stereocenters. The average molecular weight is 455 g/mol. The SMILES string of the molecule is CC(NC(=O)C(N)C(C)O)C(=O)NC(CCC(N)=O)C(=O)NC(Cc1cnc[nH]1)C(=O)O. The lowest BCUT2D eigenvalue weighted by molar-refractivity contribution is -0.142. The number of primary amides is 1. The van der Waals surface area contributed by atoms with Gasteiger partial charge in [-0.1, -0.05) is 0 Å². The third kappa shape index (κ3) is 8.69. The molecule has 4 amide bonds. The third-order valence-corrected chi connectivity index (χ3v) is 4.48. The fourth-order valence-corrected chi connectivity index (χ4v) is 2.53. The molecule has 0 fully saturated rings. The second-order valence-electron chi connectivity index (χ2n) is 7.24. The molecule has 14 nitrogen and oxygen atoms in total. The fourth-order valence-electron chi connectivity index (χ4n) is 2.53. The summed E-state index contributed by atoms with van der Waals surface area (Å²) in [6.07, 6.45) is 1.05. The number of carboxylic acid groups (broad SMARTS) is 1. The van der Waals surface area contributed by atoms with Crippen molar-refractivity contribution in [2.24, 2.45) is 11.5 Å². The molecule has 0 radical (unpaired) electrons. The van der Waals surface area contributed by atoms with Gasteiger partial charge in [0, 0.05) is 24.7 Å². The van der Waals surface area contributed by atoms with Crippen LogP contribution in [-0.2, 0) is 30.4 Å². The molecule has 0 aliphatic rings. The molecule has 0 saturated heterocycles. The number of aliphatic hydroxyl groups is 1. The number of aliphatic carboxylic acids is 1. The number of nitrogens with one attached hydrogen (secondary N) is 4. The molecule has 10 N–H and O–H groups in total. The molecule has 1 aromatic heterocycles. The van der Waals surface area contributed by atoms with E-state index in [0.29, 0.717) is 5.69 Å². The summed E-state index contributed by atoms with van der Waals surface area (Å²) in [4.78, 5) is 66.2. The number of hydrogen-bond acceptors (Lipinski definition) is 8. The highest BCUT2D eigenvalue weighted by atomic mass is 16.4. The van der Waals surface area contributed by atoms with E-state index >= 15 is 0 Å². The van der Waals surface area contributed by atoms with Crippen LogP contribution in [0, 0.1) is 0 Å². The Bertz CT molecular complexity index is 813. The summed E-state index contributed by atoms with van der Waals surface area (Å²) in [6.45, 7) is 2.63. The third-order valence-electron chi connectivity index (χ3n) is 4.48. The van der Waals surface area contributed by atoms with Gasteiger partial charge in [-0.25, -0.2) is 9.78 Å². The maximum Gasteiger partial charge on any atom is 0.326 e. The highest BCUT2D eigenvalue weighted by Crippen LogP contribution is 2.03. The van der Waals surface area contributed by atoms with E-state index in [4.69, 9.17) is 11.5 Å². The Morgan fingerprint density at radius 2 is 1.69 bits per heavy atom. The smallest absolute Gasteiger partial charge is 0.326 e. The van der Waals surface area contributed by atoms with Gasteiger partial charge in [-0.15, -0.1) is 0 Å². The van der Waals surface area contributed by atoms with Crippen LogP contribution in [0.2, 0.25) is 0 Å². The van der Waals surface area contributed by atoms with Crippen LogP contribution in [0.3, 0.4) is 0 Å². The van der Waals surface area contributed by atoms with Gasteiger partial charge in [-0.3, -0.25) is 19.2 Å². The van der Waals surface area contributed by atoms with E-state index in [2.05, 4.69) is 25.9 Å². The number of aromatic nitrogens is 2. The quantitative estimate of drug-likeness (QED) is 0.147. The van der Waals surface area contributed by atoms with Crippen molar-refractivity contribution in [3.05, 3.63) is 18.2 Å². The van der Waals surface area contributed by atoms with Crippen LogP contribution in [0.15, 0.2) is 12.5 Å². The first-order chi connectivity index (χ1) is 14.9. The second-order valence-corrected chi connectivity index (χ2v) is 7.24. The number of rotatable bonds is 13. The van der Waals surface area contributed by atoms with E-state index in [-0.39, 0.29) is 19.3 Å². The van der Waals surface area contributed by atoms with Crippen LogP contribution in [0.4, 0.5) is 0 Å². The first kappa shape index (κ1) is 26.5. The molecular weight excluding hydrogens is 426 g/mol. The molecule has 14 heteroatoms. The Kier molecular flexibility index (Phi) is 10.2. The predicted octanol–water partition coefficient (Wildman–Crippen LogP) is -3.52. The molecule has 32 heavy (non-hydrogen) atoms. The van der Waals surface area contributed by atoms with Crippen LogP contribution < -0.4 is 27.4 Å². The Morgan fingerprint density at radius 3 is 2.19 bits per heavy atom. The maximum absolute atomic E-state index is 12.7. The zero-order valence-corrected chi connectivity index (χ0v) is 17.7. The number of amides is 4. The lowest BCUT2D eigenvalue weighted by Gasteiger charge is -2.23. The first-order valence-corrected chi connectivity index (χ1v) is 9.75. The van der Waals surface area contributed by atoms with Crippen molar-refractivity contribution in [2.75, 3.05) is 0 Å². The van der Waals surface area contributed by atoms with Crippen molar-refractivity contribution in [1.29, 1.82) is 0 Å². The maximum atomic E-state index is 12.7. The van der Waals surface area contributed by atoms with E-state index in [9.17, 15) is 34.2 Å². The van der Waals surface area contributed by atoms with E-state index in [1.54, 1.807) is 0 Å². The summed E-state index contributed by atoms with van der Waals surface area (Å²) in [6, 6.07) is -5.05.